The van der Waals surface area contributed by atoms with E-state index in [1.54, 1.807) is 24.3 Å². The van der Waals surface area contributed by atoms with Crippen molar-refractivity contribution >= 4 is 35.9 Å². The van der Waals surface area contributed by atoms with Crippen LogP contribution in [0.1, 0.15) is 31.4 Å². The summed E-state index contributed by atoms with van der Waals surface area (Å²) in [5.41, 5.74) is 24.0. The molecule has 148 valence electrons. The van der Waals surface area contributed by atoms with Crippen LogP contribution < -0.4 is 28.3 Å². The lowest BCUT2D eigenvalue weighted by Crippen LogP contribution is -2.49. The Hall–Kier alpha value is -2.78. The lowest BCUT2D eigenvalue weighted by Gasteiger charge is -2.31. The highest BCUT2D eigenvalue weighted by atomic mass is 35.5. The fraction of sp³-hybridized carbons (Fsp3) is 0.250. The van der Waals surface area contributed by atoms with Gasteiger partial charge in [0, 0.05) is 0 Å². The Kier molecular flexibility index (Phi) is 7.62. The zero-order valence-electron chi connectivity index (χ0n) is 14.6. The van der Waals surface area contributed by atoms with Crippen LogP contribution in [0.4, 0.5) is 0 Å². The van der Waals surface area contributed by atoms with Crippen molar-refractivity contribution in [3.8, 4) is 5.75 Å². The summed E-state index contributed by atoms with van der Waals surface area (Å²) in [5.74, 6) is -0.794. The molecule has 1 heterocycles. The molecule has 0 aliphatic carbocycles. The number of primary amides is 1. The molecule has 27 heavy (non-hydrogen) atoms. The summed E-state index contributed by atoms with van der Waals surface area (Å²) < 4.78 is 0. The van der Waals surface area contributed by atoms with Crippen LogP contribution in [0.5, 0.6) is 5.75 Å². The molecule has 0 saturated heterocycles. The third-order valence-corrected chi connectivity index (χ3v) is 4.09. The summed E-state index contributed by atoms with van der Waals surface area (Å²) in [6, 6.07) is 6.35. The number of aliphatic imine (C=N–C) groups is 1. The van der Waals surface area contributed by atoms with Crippen molar-refractivity contribution < 1.29 is 9.90 Å². The van der Waals surface area contributed by atoms with Gasteiger partial charge < -0.3 is 33.4 Å². The van der Waals surface area contributed by atoms with Gasteiger partial charge in [0.05, 0.1) is 6.04 Å². The zero-order chi connectivity index (χ0) is 19.4. The monoisotopic (exact) mass is 415 g/mol. The molecule has 11 heteroatoms. The molecule has 0 spiro atoms. The highest BCUT2D eigenvalue weighted by molar-refractivity contribution is 6.30. The molecule has 1 aromatic carbocycles. The van der Waals surface area contributed by atoms with E-state index in [-0.39, 0.29) is 52.7 Å². The van der Waals surface area contributed by atoms with Crippen molar-refractivity contribution in [2.24, 2.45) is 27.9 Å². The number of halogens is 2. The Bertz CT molecular complexity index is 790. The number of nitrogens with zero attached hydrogens (tertiary/aromatic N) is 2. The molecule has 1 aliphatic rings. The second kappa shape index (κ2) is 9.24. The number of rotatable bonds is 5. The molecule has 1 atom stereocenters. The average molecular weight is 416 g/mol. The number of benzene rings is 1. The van der Waals surface area contributed by atoms with E-state index in [2.05, 4.69) is 10.3 Å². The van der Waals surface area contributed by atoms with E-state index in [1.807, 2.05) is 6.92 Å². The number of amides is 1. The van der Waals surface area contributed by atoms with E-state index in [0.717, 1.165) is 12.0 Å². The van der Waals surface area contributed by atoms with Crippen LogP contribution in [0.15, 0.2) is 51.8 Å². The minimum atomic E-state index is -0.811. The van der Waals surface area contributed by atoms with Gasteiger partial charge >= 0.3 is 0 Å². The van der Waals surface area contributed by atoms with Gasteiger partial charge in [-0.05, 0) is 24.1 Å². The first-order valence-electron chi connectivity index (χ1n) is 7.90. The van der Waals surface area contributed by atoms with Gasteiger partial charge in [-0.3, -0.25) is 4.79 Å². The van der Waals surface area contributed by atoms with Crippen molar-refractivity contribution in [1.82, 2.24) is 10.2 Å². The first-order valence-corrected chi connectivity index (χ1v) is 8.28. The second-order valence-corrected chi connectivity index (χ2v) is 6.05. The average Bonchev–Trinajstić information content (AvgIpc) is 2.58. The number of phenolic OH excluding ortho intramolecular Hbond substituents is 1. The molecule has 0 bridgehead atoms. The number of guanidine groups is 1. The molecule has 2 rings (SSSR count). The van der Waals surface area contributed by atoms with Gasteiger partial charge in [0.1, 0.15) is 28.2 Å². The summed E-state index contributed by atoms with van der Waals surface area (Å²) in [4.78, 5) is 17.2. The van der Waals surface area contributed by atoms with Gasteiger partial charge in [0.15, 0.2) is 0 Å². The largest absolute Gasteiger partial charge is 0.508 e. The van der Waals surface area contributed by atoms with E-state index in [1.165, 1.54) is 4.90 Å². The molecule has 0 radical (unpaired) electrons. The molecule has 1 aliphatic heterocycles. The van der Waals surface area contributed by atoms with E-state index < -0.39 is 5.91 Å². The fourth-order valence-electron chi connectivity index (χ4n) is 2.51. The number of phenols is 1. The van der Waals surface area contributed by atoms with Crippen LogP contribution in [0.25, 0.3) is 0 Å². The minimum Gasteiger partial charge on any atom is -0.508 e. The maximum Gasteiger partial charge on any atom is 0.268 e. The van der Waals surface area contributed by atoms with Crippen LogP contribution in [0.3, 0.4) is 0 Å². The number of aromatic hydroxyl groups is 1. The highest BCUT2D eigenvalue weighted by Crippen LogP contribution is 2.26. The predicted octanol–water partition coefficient (Wildman–Crippen LogP) is 0.812. The lowest BCUT2D eigenvalue weighted by molar-refractivity contribution is -0.115. The number of nitrogens with two attached hydrogens (primary N) is 4. The van der Waals surface area contributed by atoms with Crippen LogP contribution >= 0.6 is 24.0 Å². The van der Waals surface area contributed by atoms with Crippen LogP contribution in [-0.4, -0.2) is 21.9 Å². The third kappa shape index (κ3) is 4.89. The normalized spacial score (nSPS) is 15.9. The summed E-state index contributed by atoms with van der Waals surface area (Å²) in [7, 11) is 0. The van der Waals surface area contributed by atoms with Crippen LogP contribution in [0.2, 0.25) is 0 Å². The van der Waals surface area contributed by atoms with Crippen molar-refractivity contribution in [3.05, 3.63) is 52.3 Å². The van der Waals surface area contributed by atoms with Crippen LogP contribution in [-0.2, 0) is 4.79 Å². The van der Waals surface area contributed by atoms with Crippen molar-refractivity contribution in [2.45, 2.75) is 25.8 Å². The maximum absolute atomic E-state index is 11.5. The molecule has 9 nitrogen and oxygen atoms in total. The standard InChI is InChI=1S/C16H22ClN7O2.ClH/c1-2-3-10(8-4-6-9(25)7-5-8)22-16(21)24-13(18)11(15(20)26)23-12(17)14(24)19;/h4-7,10,23,25H,2-3,18-19H2,1H3,(H2,20,26)(H2,21,22);1H. The van der Waals surface area contributed by atoms with E-state index in [4.69, 9.17) is 34.5 Å². The number of carbonyl (C=O) groups excluding carboxylic acids is 1. The first-order chi connectivity index (χ1) is 12.3. The summed E-state index contributed by atoms with van der Waals surface area (Å²) >= 11 is 6.01. The molecular weight excluding hydrogens is 393 g/mol. The Labute approximate surface area is 168 Å². The maximum atomic E-state index is 11.5. The molecular formula is C16H23Cl2N7O2. The number of nitrogens with one attached hydrogen (secondary N) is 1. The first kappa shape index (κ1) is 22.3. The van der Waals surface area contributed by atoms with E-state index in [0.29, 0.717) is 6.42 Å². The Morgan fingerprint density at radius 3 is 2.37 bits per heavy atom. The number of hydrogen-bond acceptors (Lipinski definition) is 6. The number of carbonyl (C=O) groups is 1. The topological polar surface area (TPSA) is 169 Å². The smallest absolute Gasteiger partial charge is 0.268 e. The van der Waals surface area contributed by atoms with Gasteiger partial charge in [-0.2, -0.15) is 0 Å². The zero-order valence-corrected chi connectivity index (χ0v) is 16.2. The molecule has 0 fully saturated rings. The molecule has 10 N–H and O–H groups in total. The van der Waals surface area contributed by atoms with Gasteiger partial charge in [-0.1, -0.05) is 37.1 Å². The number of hydrogen-bond donors (Lipinski definition) is 6. The summed E-state index contributed by atoms with van der Waals surface area (Å²) in [6.45, 7) is 2.01. The molecule has 0 saturated carbocycles. The van der Waals surface area contributed by atoms with Crippen molar-refractivity contribution in [2.75, 3.05) is 0 Å². The van der Waals surface area contributed by atoms with Gasteiger partial charge in [0.25, 0.3) is 5.91 Å². The fourth-order valence-corrected chi connectivity index (χ4v) is 2.68. The summed E-state index contributed by atoms with van der Waals surface area (Å²) in [5, 5.41) is 12.0. The quantitative estimate of drug-likeness (QED) is 0.234. The Balaban J connectivity index is 0.00000364. The summed E-state index contributed by atoms with van der Waals surface area (Å²) in [6.07, 6.45) is 1.54. The molecule has 1 unspecified atom stereocenters. The van der Waals surface area contributed by atoms with Crippen molar-refractivity contribution in [1.29, 1.82) is 0 Å². The molecule has 0 aromatic heterocycles. The SMILES string of the molecule is CCCC(N=C(N)N1C(N)=C(Cl)NC(C(N)=O)=C1N)c1ccc(O)cc1.Cl. The van der Waals surface area contributed by atoms with Crippen molar-refractivity contribution in [3.63, 3.8) is 0 Å². The predicted molar refractivity (Wildman–Crippen MR) is 107 cm³/mol. The third-order valence-electron chi connectivity index (χ3n) is 3.80. The van der Waals surface area contributed by atoms with E-state index in [9.17, 15) is 9.90 Å². The Morgan fingerprint density at radius 2 is 1.85 bits per heavy atom. The van der Waals surface area contributed by atoms with E-state index >= 15 is 0 Å². The highest BCUT2D eigenvalue weighted by Gasteiger charge is 2.29. The lowest BCUT2D eigenvalue weighted by atomic mass is 10.0. The minimum absolute atomic E-state index is 0. The van der Waals surface area contributed by atoms with Gasteiger partial charge in [0.2, 0.25) is 5.96 Å². The molecule has 1 aromatic rings. The second-order valence-electron chi connectivity index (χ2n) is 5.67. The van der Waals surface area contributed by atoms with Gasteiger partial charge in [-0.25, -0.2) is 9.89 Å². The molecule has 1 amide bonds. The van der Waals surface area contributed by atoms with Crippen LogP contribution in [0, 0.1) is 0 Å². The van der Waals surface area contributed by atoms with Gasteiger partial charge in [-0.15, -0.1) is 12.4 Å². The Morgan fingerprint density at radius 1 is 1.26 bits per heavy atom.